The summed E-state index contributed by atoms with van der Waals surface area (Å²) in [6.07, 6.45) is -4.69. The molecule has 0 spiro atoms. The molecule has 0 aliphatic heterocycles. The van der Waals surface area contributed by atoms with Gasteiger partial charge in [-0.25, -0.2) is 13.1 Å². The highest BCUT2D eigenvalue weighted by Gasteiger charge is 2.31. The van der Waals surface area contributed by atoms with Crippen LogP contribution in [0.4, 0.5) is 13.2 Å². The van der Waals surface area contributed by atoms with Crippen molar-refractivity contribution in [1.29, 1.82) is 0 Å². The Bertz CT molecular complexity index is 1050. The number of halogens is 3. The Kier molecular flexibility index (Phi) is 6.30. The first-order valence-corrected chi connectivity index (χ1v) is 9.51. The fourth-order valence-electron chi connectivity index (χ4n) is 2.43. The molecule has 3 N–H and O–H groups in total. The zero-order valence-electron chi connectivity index (χ0n) is 15.0. The van der Waals surface area contributed by atoms with Crippen molar-refractivity contribution in [3.63, 3.8) is 0 Å². The number of carbonyl (C=O) groups is 1. The van der Waals surface area contributed by atoms with E-state index in [2.05, 4.69) is 10.3 Å². The molecule has 11 heteroatoms. The topological polar surface area (TPSA) is 108 Å². The molecule has 2 rings (SSSR count). The average Bonchev–Trinajstić information content (AvgIpc) is 2.58. The van der Waals surface area contributed by atoms with Gasteiger partial charge in [0.1, 0.15) is 0 Å². The SMILES string of the molecule is Cc1cc(C)c(CNC(=O)CNS(=O)(=O)c2cccc(C(F)(F)F)c2)c(=O)[nH]1. The Labute approximate surface area is 159 Å². The van der Waals surface area contributed by atoms with Gasteiger partial charge in [-0.15, -0.1) is 0 Å². The van der Waals surface area contributed by atoms with E-state index in [9.17, 15) is 31.2 Å². The lowest BCUT2D eigenvalue weighted by atomic mass is 10.1. The Morgan fingerprint density at radius 3 is 2.46 bits per heavy atom. The van der Waals surface area contributed by atoms with E-state index in [0.717, 1.165) is 18.2 Å². The summed E-state index contributed by atoms with van der Waals surface area (Å²) in [7, 11) is -4.32. The molecule has 0 unspecified atom stereocenters. The number of sulfonamides is 1. The van der Waals surface area contributed by atoms with Crippen molar-refractivity contribution in [2.45, 2.75) is 31.5 Å². The molecule has 0 atom stereocenters. The van der Waals surface area contributed by atoms with Crippen molar-refractivity contribution in [1.82, 2.24) is 15.0 Å². The predicted molar refractivity (Wildman–Crippen MR) is 95.0 cm³/mol. The number of aromatic nitrogens is 1. The van der Waals surface area contributed by atoms with Crippen LogP contribution in [0, 0.1) is 13.8 Å². The molecule has 1 aromatic carbocycles. The van der Waals surface area contributed by atoms with E-state index >= 15 is 0 Å². The van der Waals surface area contributed by atoms with Crippen molar-refractivity contribution < 1.29 is 26.4 Å². The molecule has 152 valence electrons. The zero-order valence-corrected chi connectivity index (χ0v) is 15.8. The number of aromatic amines is 1. The van der Waals surface area contributed by atoms with Crippen LogP contribution in [0.3, 0.4) is 0 Å². The van der Waals surface area contributed by atoms with E-state index in [1.165, 1.54) is 0 Å². The largest absolute Gasteiger partial charge is 0.416 e. The standard InChI is InChI=1S/C17H18F3N3O4S/c1-10-6-11(2)23-16(25)14(10)8-21-15(24)9-22-28(26,27)13-5-3-4-12(7-13)17(18,19)20/h3-7,22H,8-9H2,1-2H3,(H,21,24)(H,23,25). The summed E-state index contributed by atoms with van der Waals surface area (Å²) in [5, 5.41) is 2.39. The fraction of sp³-hybridized carbons (Fsp3) is 0.294. The summed E-state index contributed by atoms with van der Waals surface area (Å²) in [5.41, 5.74) is 0.147. The van der Waals surface area contributed by atoms with Crippen LogP contribution in [0.1, 0.15) is 22.4 Å². The second-order valence-corrected chi connectivity index (χ2v) is 7.84. The second-order valence-electron chi connectivity index (χ2n) is 6.07. The zero-order chi connectivity index (χ0) is 21.1. The van der Waals surface area contributed by atoms with Crippen molar-refractivity contribution in [3.05, 3.63) is 63.1 Å². The van der Waals surface area contributed by atoms with Crippen LogP contribution >= 0.6 is 0 Å². The first kappa shape index (κ1) is 21.6. The maximum absolute atomic E-state index is 12.7. The van der Waals surface area contributed by atoms with Gasteiger partial charge in [-0.1, -0.05) is 6.07 Å². The molecule has 1 amide bonds. The van der Waals surface area contributed by atoms with Crippen molar-refractivity contribution in [2.75, 3.05) is 6.54 Å². The molecular formula is C17H18F3N3O4S. The van der Waals surface area contributed by atoms with Crippen LogP contribution in [0.5, 0.6) is 0 Å². The molecule has 2 aromatic rings. The molecule has 0 aliphatic carbocycles. The van der Waals surface area contributed by atoms with Crippen molar-refractivity contribution in [2.24, 2.45) is 0 Å². The van der Waals surface area contributed by atoms with Crippen molar-refractivity contribution >= 4 is 15.9 Å². The van der Waals surface area contributed by atoms with Gasteiger partial charge in [0.15, 0.2) is 0 Å². The average molecular weight is 417 g/mol. The van der Waals surface area contributed by atoms with E-state index < -0.39 is 39.1 Å². The molecule has 0 saturated heterocycles. The van der Waals surface area contributed by atoms with Gasteiger partial charge >= 0.3 is 6.18 Å². The molecule has 0 saturated carbocycles. The lowest BCUT2D eigenvalue weighted by Gasteiger charge is -2.11. The molecule has 1 aromatic heterocycles. The normalized spacial score (nSPS) is 12.0. The van der Waals surface area contributed by atoms with Gasteiger partial charge in [-0.3, -0.25) is 9.59 Å². The van der Waals surface area contributed by atoms with E-state index in [1.807, 2.05) is 4.72 Å². The molecule has 28 heavy (non-hydrogen) atoms. The Morgan fingerprint density at radius 1 is 1.18 bits per heavy atom. The predicted octanol–water partition coefficient (Wildman–Crippen LogP) is 1.61. The van der Waals surface area contributed by atoms with Crippen LogP contribution in [-0.4, -0.2) is 25.9 Å². The maximum atomic E-state index is 12.7. The van der Waals surface area contributed by atoms with Crippen LogP contribution < -0.4 is 15.6 Å². The minimum Gasteiger partial charge on any atom is -0.351 e. The molecule has 0 radical (unpaired) electrons. The number of pyridine rings is 1. The van der Waals surface area contributed by atoms with Crippen LogP contribution in [0.25, 0.3) is 0 Å². The number of H-pyrrole nitrogens is 1. The van der Waals surface area contributed by atoms with Gasteiger partial charge in [0.25, 0.3) is 5.56 Å². The lowest BCUT2D eigenvalue weighted by molar-refractivity contribution is -0.137. The third-order valence-electron chi connectivity index (χ3n) is 3.85. The van der Waals surface area contributed by atoms with Crippen LogP contribution in [0.15, 0.2) is 40.0 Å². The number of nitrogens with one attached hydrogen (secondary N) is 3. The quantitative estimate of drug-likeness (QED) is 0.664. The molecular weight excluding hydrogens is 399 g/mol. The van der Waals surface area contributed by atoms with E-state index in [0.29, 0.717) is 22.9 Å². The monoisotopic (exact) mass is 417 g/mol. The highest BCUT2D eigenvalue weighted by molar-refractivity contribution is 7.89. The number of hydrogen-bond acceptors (Lipinski definition) is 4. The third kappa shape index (κ3) is 5.42. The number of alkyl halides is 3. The summed E-state index contributed by atoms with van der Waals surface area (Å²) in [6.45, 7) is 2.59. The highest BCUT2D eigenvalue weighted by atomic mass is 32.2. The van der Waals surface area contributed by atoms with E-state index in [4.69, 9.17) is 0 Å². The second kappa shape index (κ2) is 8.15. The van der Waals surface area contributed by atoms with Crippen LogP contribution in [0.2, 0.25) is 0 Å². The number of hydrogen-bond donors (Lipinski definition) is 3. The van der Waals surface area contributed by atoms with Gasteiger partial charge < -0.3 is 10.3 Å². The number of benzene rings is 1. The molecule has 1 heterocycles. The summed E-state index contributed by atoms with van der Waals surface area (Å²) in [6, 6.07) is 4.90. The fourth-order valence-corrected chi connectivity index (χ4v) is 3.46. The maximum Gasteiger partial charge on any atom is 0.416 e. The van der Waals surface area contributed by atoms with Gasteiger partial charge in [-0.05, 0) is 43.7 Å². The summed E-state index contributed by atoms with van der Waals surface area (Å²) in [4.78, 5) is 25.7. The number of carbonyl (C=O) groups excluding carboxylic acids is 1. The summed E-state index contributed by atoms with van der Waals surface area (Å²) >= 11 is 0. The van der Waals surface area contributed by atoms with Gasteiger partial charge in [-0.2, -0.15) is 13.2 Å². The smallest absolute Gasteiger partial charge is 0.351 e. The highest BCUT2D eigenvalue weighted by Crippen LogP contribution is 2.30. The van der Waals surface area contributed by atoms with E-state index in [1.54, 1.807) is 19.9 Å². The molecule has 0 bridgehead atoms. The minimum atomic E-state index is -4.69. The van der Waals surface area contributed by atoms with Crippen molar-refractivity contribution in [3.8, 4) is 0 Å². The summed E-state index contributed by atoms with van der Waals surface area (Å²) in [5.74, 6) is -0.741. The number of rotatable bonds is 6. The number of aryl methyl sites for hydroxylation is 2. The minimum absolute atomic E-state index is 0.119. The van der Waals surface area contributed by atoms with Crippen LogP contribution in [-0.2, 0) is 27.5 Å². The Hall–Kier alpha value is -2.66. The summed E-state index contributed by atoms with van der Waals surface area (Å²) < 4.78 is 64.3. The molecule has 7 nitrogen and oxygen atoms in total. The first-order valence-electron chi connectivity index (χ1n) is 8.03. The number of amides is 1. The van der Waals surface area contributed by atoms with Gasteiger partial charge in [0.05, 0.1) is 17.0 Å². The van der Waals surface area contributed by atoms with E-state index in [-0.39, 0.29) is 12.1 Å². The molecule has 0 fully saturated rings. The van der Waals surface area contributed by atoms with Gasteiger partial charge in [0.2, 0.25) is 15.9 Å². The first-order chi connectivity index (χ1) is 12.9. The van der Waals surface area contributed by atoms with Gasteiger partial charge in [0, 0.05) is 17.8 Å². The third-order valence-corrected chi connectivity index (χ3v) is 5.25. The Balaban J connectivity index is 2.02. The Morgan fingerprint density at radius 2 is 1.86 bits per heavy atom. The lowest BCUT2D eigenvalue weighted by Crippen LogP contribution is -2.37. The molecule has 0 aliphatic rings.